The predicted molar refractivity (Wildman–Crippen MR) is 81.5 cm³/mol. The van der Waals surface area contributed by atoms with Crippen LogP contribution in [0.2, 0.25) is 0 Å². The fourth-order valence-electron chi connectivity index (χ4n) is 3.54. The average molecular weight is 286 g/mol. The maximum Gasteiger partial charge on any atom is 0.262 e. The number of hydrogen-bond donors (Lipinski definition) is 1. The number of aryl methyl sites for hydroxylation is 2. The van der Waals surface area contributed by atoms with E-state index in [1.807, 2.05) is 32.9 Å². The number of piperidine rings is 1. The summed E-state index contributed by atoms with van der Waals surface area (Å²) in [7, 11) is 0. The van der Waals surface area contributed by atoms with Crippen LogP contribution in [-0.4, -0.2) is 35.3 Å². The van der Waals surface area contributed by atoms with Gasteiger partial charge in [-0.3, -0.25) is 14.5 Å². The van der Waals surface area contributed by atoms with Crippen molar-refractivity contribution in [3.8, 4) is 0 Å². The molecule has 0 saturated carbocycles. The fraction of sp³-hybridized carbons (Fsp3) is 0.529. The van der Waals surface area contributed by atoms with Gasteiger partial charge in [0.2, 0.25) is 0 Å². The normalized spacial score (nSPS) is 23.4. The number of benzene rings is 1. The van der Waals surface area contributed by atoms with E-state index in [4.69, 9.17) is 0 Å². The Morgan fingerprint density at radius 1 is 1.10 bits per heavy atom. The Morgan fingerprint density at radius 2 is 1.67 bits per heavy atom. The molecule has 112 valence electrons. The van der Waals surface area contributed by atoms with Crippen molar-refractivity contribution in [2.24, 2.45) is 0 Å². The van der Waals surface area contributed by atoms with Crippen molar-refractivity contribution in [3.05, 3.63) is 34.4 Å². The van der Waals surface area contributed by atoms with Crippen LogP contribution >= 0.6 is 0 Å². The number of hydrogen-bond acceptors (Lipinski definition) is 3. The van der Waals surface area contributed by atoms with Crippen LogP contribution in [0.25, 0.3) is 0 Å². The van der Waals surface area contributed by atoms with Gasteiger partial charge in [-0.15, -0.1) is 0 Å². The van der Waals surface area contributed by atoms with Gasteiger partial charge in [0, 0.05) is 6.04 Å². The number of rotatable bonds is 2. The molecule has 21 heavy (non-hydrogen) atoms. The van der Waals surface area contributed by atoms with Crippen molar-refractivity contribution in [2.75, 3.05) is 6.54 Å². The molecule has 0 spiro atoms. The lowest BCUT2D eigenvalue weighted by Crippen LogP contribution is -2.52. The number of imide groups is 1. The number of carbonyl (C=O) groups excluding carboxylic acids is 2. The summed E-state index contributed by atoms with van der Waals surface area (Å²) in [6.07, 6.45) is 3.35. The number of amides is 2. The van der Waals surface area contributed by atoms with Crippen LogP contribution in [0.5, 0.6) is 0 Å². The molecule has 2 aliphatic rings. The Balaban J connectivity index is 1.96. The van der Waals surface area contributed by atoms with Gasteiger partial charge in [-0.1, -0.05) is 18.6 Å². The predicted octanol–water partition coefficient (Wildman–Crippen LogP) is 2.43. The van der Waals surface area contributed by atoms with E-state index in [1.54, 1.807) is 0 Å². The first kappa shape index (κ1) is 14.3. The minimum Gasteiger partial charge on any atom is -0.312 e. The molecule has 1 aromatic rings. The van der Waals surface area contributed by atoms with Gasteiger partial charge in [0.1, 0.15) is 0 Å². The summed E-state index contributed by atoms with van der Waals surface area (Å²) in [5.74, 6) is -0.257. The van der Waals surface area contributed by atoms with Gasteiger partial charge in [0.05, 0.1) is 17.2 Å². The maximum atomic E-state index is 12.7. The van der Waals surface area contributed by atoms with Crippen LogP contribution in [0.1, 0.15) is 58.0 Å². The zero-order valence-corrected chi connectivity index (χ0v) is 12.9. The molecule has 0 radical (unpaired) electrons. The number of fused-ring (bicyclic) bond motifs is 1. The summed E-state index contributed by atoms with van der Waals surface area (Å²) in [4.78, 5) is 26.9. The van der Waals surface area contributed by atoms with Gasteiger partial charge in [-0.05, 0) is 51.3 Å². The van der Waals surface area contributed by atoms with Crippen LogP contribution in [0.3, 0.4) is 0 Å². The number of nitrogens with one attached hydrogen (secondary N) is 1. The van der Waals surface area contributed by atoms with Gasteiger partial charge in [-0.25, -0.2) is 0 Å². The molecular formula is C17H22N2O2. The Kier molecular flexibility index (Phi) is 3.57. The largest absolute Gasteiger partial charge is 0.312 e. The van der Waals surface area contributed by atoms with Crippen LogP contribution in [-0.2, 0) is 0 Å². The first-order chi connectivity index (χ1) is 10.0. The van der Waals surface area contributed by atoms with E-state index < -0.39 is 0 Å². The smallest absolute Gasteiger partial charge is 0.262 e. The molecule has 0 bridgehead atoms. The van der Waals surface area contributed by atoms with Crippen LogP contribution < -0.4 is 5.32 Å². The molecule has 1 aromatic carbocycles. The second-order valence-electron chi connectivity index (χ2n) is 6.23. The minimum atomic E-state index is -0.129. The first-order valence-electron chi connectivity index (χ1n) is 7.74. The summed E-state index contributed by atoms with van der Waals surface area (Å²) in [5, 5.41) is 3.45. The topological polar surface area (TPSA) is 49.4 Å². The Bertz CT molecular complexity index is 562. The van der Waals surface area contributed by atoms with Crippen molar-refractivity contribution in [3.63, 3.8) is 0 Å². The van der Waals surface area contributed by atoms with E-state index in [9.17, 15) is 9.59 Å². The number of nitrogens with zero attached hydrogens (tertiary/aromatic N) is 1. The van der Waals surface area contributed by atoms with Crippen molar-refractivity contribution >= 4 is 11.8 Å². The average Bonchev–Trinajstić information content (AvgIpc) is 2.76. The highest BCUT2D eigenvalue weighted by atomic mass is 16.2. The SMILES string of the molecule is Cc1ccc(C)c2c1C(=O)N(C(C)C1CCCCN1)C2=O. The molecule has 0 aliphatic carbocycles. The van der Waals surface area contributed by atoms with E-state index >= 15 is 0 Å². The molecule has 2 unspecified atom stereocenters. The van der Waals surface area contributed by atoms with Crippen LogP contribution in [0, 0.1) is 13.8 Å². The van der Waals surface area contributed by atoms with Crippen molar-refractivity contribution in [1.82, 2.24) is 10.2 Å². The fourth-order valence-corrected chi connectivity index (χ4v) is 3.54. The summed E-state index contributed by atoms with van der Waals surface area (Å²) >= 11 is 0. The monoisotopic (exact) mass is 286 g/mol. The molecular weight excluding hydrogens is 264 g/mol. The lowest BCUT2D eigenvalue weighted by Gasteiger charge is -2.33. The first-order valence-corrected chi connectivity index (χ1v) is 7.74. The van der Waals surface area contributed by atoms with Crippen molar-refractivity contribution < 1.29 is 9.59 Å². The van der Waals surface area contributed by atoms with Crippen LogP contribution in [0.4, 0.5) is 0 Å². The Morgan fingerprint density at radius 3 is 2.14 bits per heavy atom. The molecule has 2 heterocycles. The summed E-state index contributed by atoms with van der Waals surface area (Å²) in [6, 6.07) is 3.96. The lowest BCUT2D eigenvalue weighted by molar-refractivity contribution is 0.0552. The van der Waals surface area contributed by atoms with Crippen LogP contribution in [0.15, 0.2) is 12.1 Å². The third kappa shape index (κ3) is 2.18. The van der Waals surface area contributed by atoms with E-state index in [1.165, 1.54) is 11.3 Å². The molecule has 3 rings (SSSR count). The molecule has 4 heteroatoms. The van der Waals surface area contributed by atoms with Crippen molar-refractivity contribution in [2.45, 2.75) is 52.1 Å². The summed E-state index contributed by atoms with van der Waals surface area (Å²) in [5.41, 5.74) is 2.98. The molecule has 2 aliphatic heterocycles. The van der Waals surface area contributed by atoms with Crippen molar-refractivity contribution in [1.29, 1.82) is 0 Å². The number of carbonyl (C=O) groups is 2. The molecule has 0 aromatic heterocycles. The van der Waals surface area contributed by atoms with E-state index in [0.717, 1.165) is 30.5 Å². The Labute approximate surface area is 125 Å². The zero-order chi connectivity index (χ0) is 15.1. The van der Waals surface area contributed by atoms with Gasteiger partial charge in [-0.2, -0.15) is 0 Å². The van der Waals surface area contributed by atoms with Gasteiger partial charge >= 0.3 is 0 Å². The molecule has 4 nitrogen and oxygen atoms in total. The zero-order valence-electron chi connectivity index (χ0n) is 12.9. The second-order valence-corrected chi connectivity index (χ2v) is 6.23. The molecule has 2 amide bonds. The third-order valence-electron chi connectivity index (χ3n) is 4.83. The van der Waals surface area contributed by atoms with E-state index in [2.05, 4.69) is 5.32 Å². The Hall–Kier alpha value is -1.68. The molecule has 1 N–H and O–H groups in total. The van der Waals surface area contributed by atoms with Gasteiger partial charge < -0.3 is 5.32 Å². The molecule has 1 saturated heterocycles. The molecule has 1 fully saturated rings. The maximum absolute atomic E-state index is 12.7. The minimum absolute atomic E-state index is 0.100. The lowest BCUT2D eigenvalue weighted by atomic mass is 9.98. The summed E-state index contributed by atoms with van der Waals surface area (Å²) < 4.78 is 0. The quantitative estimate of drug-likeness (QED) is 0.850. The highest BCUT2D eigenvalue weighted by Crippen LogP contribution is 2.31. The highest BCUT2D eigenvalue weighted by Gasteiger charge is 2.42. The molecule has 2 atom stereocenters. The standard InChI is InChI=1S/C17H22N2O2/c1-10-7-8-11(2)15-14(10)16(20)19(17(15)21)12(3)13-6-4-5-9-18-13/h7-8,12-13,18H,4-6,9H2,1-3H3. The third-order valence-corrected chi connectivity index (χ3v) is 4.83. The summed E-state index contributed by atoms with van der Waals surface area (Å²) in [6.45, 7) is 6.75. The van der Waals surface area contributed by atoms with E-state index in [-0.39, 0.29) is 23.9 Å². The van der Waals surface area contributed by atoms with Gasteiger partial charge in [0.25, 0.3) is 11.8 Å². The second kappa shape index (κ2) is 5.26. The van der Waals surface area contributed by atoms with E-state index in [0.29, 0.717) is 11.1 Å². The van der Waals surface area contributed by atoms with Gasteiger partial charge in [0.15, 0.2) is 0 Å². The highest BCUT2D eigenvalue weighted by molar-refractivity contribution is 6.22.